The van der Waals surface area contributed by atoms with Gasteiger partial charge in [0.15, 0.2) is 5.82 Å². The Hall–Kier alpha value is -4.57. The minimum atomic E-state index is -0.674. The van der Waals surface area contributed by atoms with Crippen LogP contribution in [0, 0.1) is 17.1 Å². The number of pyridine rings is 1. The highest BCUT2D eigenvalue weighted by atomic mass is 19.1. The zero-order valence-electron chi connectivity index (χ0n) is 18.7. The number of nitrogens with zero attached hydrogens (tertiary/aromatic N) is 4. The second-order valence-electron chi connectivity index (χ2n) is 8.47. The molecular formula is C27H21FN6. The van der Waals surface area contributed by atoms with Gasteiger partial charge in [-0.2, -0.15) is 5.26 Å². The molecule has 0 fully saturated rings. The Labute approximate surface area is 196 Å². The summed E-state index contributed by atoms with van der Waals surface area (Å²) in [7, 11) is 0. The number of aromatic nitrogens is 4. The van der Waals surface area contributed by atoms with E-state index in [1.807, 2.05) is 56.3 Å². The maximum Gasteiger partial charge on any atom is 0.154 e. The van der Waals surface area contributed by atoms with E-state index < -0.39 is 11.2 Å². The molecule has 0 radical (unpaired) electrons. The van der Waals surface area contributed by atoms with Crippen molar-refractivity contribution in [3.63, 3.8) is 0 Å². The summed E-state index contributed by atoms with van der Waals surface area (Å²) in [6.07, 6.45) is 4.94. The molecule has 0 atom stereocenters. The van der Waals surface area contributed by atoms with E-state index in [4.69, 9.17) is 0 Å². The van der Waals surface area contributed by atoms with Gasteiger partial charge in [0.25, 0.3) is 0 Å². The second kappa shape index (κ2) is 8.41. The van der Waals surface area contributed by atoms with E-state index in [0.717, 1.165) is 16.5 Å². The van der Waals surface area contributed by atoms with Crippen LogP contribution in [0.1, 0.15) is 19.4 Å². The van der Waals surface area contributed by atoms with Gasteiger partial charge >= 0.3 is 0 Å². The number of fused-ring (bicyclic) bond motifs is 1. The number of rotatable bonds is 5. The second-order valence-corrected chi connectivity index (χ2v) is 8.47. The van der Waals surface area contributed by atoms with E-state index in [2.05, 4.69) is 31.3 Å². The van der Waals surface area contributed by atoms with Crippen LogP contribution in [0.4, 0.5) is 15.9 Å². The topological polar surface area (TPSA) is 90.3 Å². The Balaban J connectivity index is 1.56. The molecule has 0 bridgehead atoms. The van der Waals surface area contributed by atoms with Gasteiger partial charge in [-0.05, 0) is 55.3 Å². The van der Waals surface area contributed by atoms with E-state index in [0.29, 0.717) is 34.0 Å². The summed E-state index contributed by atoms with van der Waals surface area (Å²) in [6, 6.07) is 20.5. The summed E-state index contributed by atoms with van der Waals surface area (Å²) in [5.41, 5.74) is 3.74. The molecule has 5 aromatic rings. The van der Waals surface area contributed by atoms with Crippen LogP contribution in [-0.2, 0) is 5.41 Å². The molecule has 0 saturated heterocycles. The molecule has 0 spiro atoms. The van der Waals surface area contributed by atoms with Crippen LogP contribution in [-0.4, -0.2) is 19.9 Å². The maximum absolute atomic E-state index is 15.7. The van der Waals surface area contributed by atoms with E-state index in [9.17, 15) is 5.26 Å². The van der Waals surface area contributed by atoms with Crippen LogP contribution in [0.25, 0.3) is 33.4 Å². The number of nitrogens with one attached hydrogen (secondary N) is 2. The Bertz CT molecular complexity index is 1550. The fourth-order valence-corrected chi connectivity index (χ4v) is 3.90. The number of benzene rings is 2. The Morgan fingerprint density at radius 2 is 1.79 bits per heavy atom. The highest BCUT2D eigenvalue weighted by Gasteiger charge is 2.21. The molecule has 5 rings (SSSR count). The van der Waals surface area contributed by atoms with Gasteiger partial charge in [-0.25, -0.2) is 19.3 Å². The normalized spacial score (nSPS) is 11.4. The number of halogens is 1. The van der Waals surface area contributed by atoms with Crippen LogP contribution >= 0.6 is 0 Å². The summed E-state index contributed by atoms with van der Waals surface area (Å²) < 4.78 is 15.7. The third kappa shape index (κ3) is 3.76. The highest BCUT2D eigenvalue weighted by molar-refractivity contribution is 5.94. The summed E-state index contributed by atoms with van der Waals surface area (Å²) in [4.78, 5) is 16.2. The van der Waals surface area contributed by atoms with E-state index in [1.54, 1.807) is 30.6 Å². The van der Waals surface area contributed by atoms with Crippen molar-refractivity contribution >= 4 is 22.5 Å². The molecule has 0 aliphatic rings. The highest BCUT2D eigenvalue weighted by Crippen LogP contribution is 2.35. The fourth-order valence-electron chi connectivity index (χ4n) is 3.90. The standard InChI is InChI=1S/C27H21FN6/c1-27(2,15-29)18-7-3-6-17(14-18)19-8-4-10-22(23(19)28)34-26-20(9-5-12-30-26)24-21-11-13-31-25(21)33-16-32-24/h3-14,16H,1-2H3,(H,30,34)(H,31,32,33). The predicted molar refractivity (Wildman–Crippen MR) is 131 cm³/mol. The van der Waals surface area contributed by atoms with Gasteiger partial charge in [0, 0.05) is 28.9 Å². The summed E-state index contributed by atoms with van der Waals surface area (Å²) in [6.45, 7) is 3.69. The van der Waals surface area contributed by atoms with Gasteiger partial charge in [0.2, 0.25) is 0 Å². The third-order valence-electron chi connectivity index (χ3n) is 5.84. The monoisotopic (exact) mass is 448 g/mol. The lowest BCUT2D eigenvalue weighted by Gasteiger charge is -2.17. The molecule has 7 heteroatoms. The predicted octanol–water partition coefficient (Wildman–Crippen LogP) is 6.37. The average molecular weight is 449 g/mol. The summed E-state index contributed by atoms with van der Waals surface area (Å²) in [5, 5.41) is 13.5. The Morgan fingerprint density at radius 3 is 2.65 bits per heavy atom. The van der Waals surface area contributed by atoms with Crippen molar-refractivity contribution in [2.75, 3.05) is 5.32 Å². The lowest BCUT2D eigenvalue weighted by molar-refractivity contribution is 0.635. The number of hydrogen-bond acceptors (Lipinski definition) is 5. The van der Waals surface area contributed by atoms with E-state index in [1.165, 1.54) is 6.33 Å². The van der Waals surface area contributed by atoms with Gasteiger partial charge in [0.05, 0.1) is 22.9 Å². The first-order chi connectivity index (χ1) is 16.5. The molecule has 0 aliphatic carbocycles. The summed E-state index contributed by atoms with van der Waals surface area (Å²) >= 11 is 0. The molecular weight excluding hydrogens is 427 g/mol. The van der Waals surface area contributed by atoms with Crippen LogP contribution < -0.4 is 5.32 Å². The van der Waals surface area contributed by atoms with Gasteiger partial charge in [0.1, 0.15) is 17.8 Å². The van der Waals surface area contributed by atoms with Crippen LogP contribution in [0.3, 0.4) is 0 Å². The van der Waals surface area contributed by atoms with Gasteiger partial charge in [-0.3, -0.25) is 0 Å². The molecule has 3 aromatic heterocycles. The third-order valence-corrected chi connectivity index (χ3v) is 5.84. The van der Waals surface area contributed by atoms with Crippen LogP contribution in [0.15, 0.2) is 79.4 Å². The lowest BCUT2D eigenvalue weighted by atomic mass is 9.85. The largest absolute Gasteiger partial charge is 0.346 e. The van der Waals surface area contributed by atoms with Crippen molar-refractivity contribution in [3.05, 3.63) is 90.8 Å². The number of H-pyrrole nitrogens is 1. The quantitative estimate of drug-likeness (QED) is 0.326. The first-order valence-corrected chi connectivity index (χ1v) is 10.8. The fraction of sp³-hybridized carbons (Fsp3) is 0.111. The molecule has 166 valence electrons. The number of nitriles is 1. The Kier molecular flexibility index (Phi) is 5.27. The van der Waals surface area contributed by atoms with Crippen molar-refractivity contribution in [2.45, 2.75) is 19.3 Å². The molecule has 0 unspecified atom stereocenters. The molecule has 0 saturated carbocycles. The molecule has 0 aliphatic heterocycles. The van der Waals surface area contributed by atoms with Crippen molar-refractivity contribution in [1.82, 2.24) is 19.9 Å². The van der Waals surface area contributed by atoms with Gasteiger partial charge < -0.3 is 10.3 Å². The summed E-state index contributed by atoms with van der Waals surface area (Å²) in [5.74, 6) is 0.0830. The van der Waals surface area contributed by atoms with E-state index >= 15 is 4.39 Å². The number of anilines is 2. The zero-order chi connectivity index (χ0) is 23.7. The van der Waals surface area contributed by atoms with Crippen LogP contribution in [0.2, 0.25) is 0 Å². The Morgan fingerprint density at radius 1 is 0.971 bits per heavy atom. The zero-order valence-corrected chi connectivity index (χ0v) is 18.7. The maximum atomic E-state index is 15.7. The van der Waals surface area contributed by atoms with Crippen molar-refractivity contribution in [1.29, 1.82) is 5.26 Å². The smallest absolute Gasteiger partial charge is 0.154 e. The molecule has 34 heavy (non-hydrogen) atoms. The first-order valence-electron chi connectivity index (χ1n) is 10.8. The minimum Gasteiger partial charge on any atom is -0.346 e. The molecule has 2 aromatic carbocycles. The molecule has 3 heterocycles. The SMILES string of the molecule is CC(C)(C#N)c1cccc(-c2cccc(Nc3ncccc3-c3ncnc4[nH]ccc34)c2F)c1. The average Bonchev–Trinajstić information content (AvgIpc) is 3.35. The minimum absolute atomic E-state index is 0.293. The van der Waals surface area contributed by atoms with Crippen molar-refractivity contribution in [2.24, 2.45) is 0 Å². The number of aromatic amines is 1. The molecule has 6 nitrogen and oxygen atoms in total. The van der Waals surface area contributed by atoms with Crippen molar-refractivity contribution in [3.8, 4) is 28.5 Å². The van der Waals surface area contributed by atoms with E-state index in [-0.39, 0.29) is 0 Å². The van der Waals surface area contributed by atoms with Gasteiger partial charge in [-0.1, -0.05) is 30.3 Å². The van der Waals surface area contributed by atoms with Crippen LogP contribution in [0.5, 0.6) is 0 Å². The lowest BCUT2D eigenvalue weighted by Crippen LogP contribution is -2.13. The molecule has 0 amide bonds. The number of hydrogen-bond donors (Lipinski definition) is 2. The van der Waals surface area contributed by atoms with Gasteiger partial charge in [-0.15, -0.1) is 0 Å². The molecule has 2 N–H and O–H groups in total. The first kappa shape index (κ1) is 21.3. The van der Waals surface area contributed by atoms with Crippen molar-refractivity contribution < 1.29 is 4.39 Å².